The third-order valence-electron chi connectivity index (χ3n) is 8.70. The molecule has 0 spiro atoms. The summed E-state index contributed by atoms with van der Waals surface area (Å²) in [6.45, 7) is 10.2. The van der Waals surface area contributed by atoms with Crippen LogP contribution in [-0.2, 0) is 21.5 Å². The van der Waals surface area contributed by atoms with Crippen molar-refractivity contribution in [1.29, 1.82) is 0 Å². The van der Waals surface area contributed by atoms with Gasteiger partial charge in [0.25, 0.3) is 0 Å². The summed E-state index contributed by atoms with van der Waals surface area (Å²) in [5.74, 6) is 0.317. The lowest BCUT2D eigenvalue weighted by molar-refractivity contribution is -0.153. The lowest BCUT2D eigenvalue weighted by atomic mass is 9.64. The molecule has 0 saturated carbocycles. The summed E-state index contributed by atoms with van der Waals surface area (Å²) in [4.78, 5) is 35.0. The van der Waals surface area contributed by atoms with E-state index in [0.717, 1.165) is 47.5 Å². The van der Waals surface area contributed by atoms with E-state index in [1.54, 1.807) is 0 Å². The number of rotatable bonds is 6. The van der Waals surface area contributed by atoms with Crippen LogP contribution in [0.25, 0.3) is 0 Å². The van der Waals surface area contributed by atoms with E-state index in [1.807, 2.05) is 90.4 Å². The average Bonchev–Trinajstić information content (AvgIpc) is 2.98. The Hall–Kier alpha value is -3.35. The van der Waals surface area contributed by atoms with Crippen LogP contribution in [0.2, 0.25) is 5.02 Å². The fraction of sp³-hybridized carbons (Fsp3) is 0.394. The SMILES string of the molecule is CCN1CCN(C(=O)C2(c3ccccc3)CCC(=O)N(Cc3ccc(Cl)cc3)C2c2cc(C)c(O)c(C)c2)CC1. The maximum atomic E-state index is 14.9. The minimum Gasteiger partial charge on any atom is -0.507 e. The number of amides is 2. The first-order valence-electron chi connectivity index (χ1n) is 14.2. The van der Waals surface area contributed by atoms with Crippen molar-refractivity contribution in [2.24, 2.45) is 0 Å². The number of carbonyl (C=O) groups excluding carboxylic acids is 2. The van der Waals surface area contributed by atoms with Crippen molar-refractivity contribution in [2.45, 2.75) is 51.6 Å². The molecule has 1 N–H and O–H groups in total. The van der Waals surface area contributed by atoms with E-state index >= 15 is 0 Å². The zero-order valence-corrected chi connectivity index (χ0v) is 24.3. The number of nitrogens with zero attached hydrogens (tertiary/aromatic N) is 3. The number of carbonyl (C=O) groups is 2. The first-order valence-corrected chi connectivity index (χ1v) is 14.5. The maximum absolute atomic E-state index is 14.9. The van der Waals surface area contributed by atoms with Crippen LogP contribution >= 0.6 is 11.6 Å². The molecule has 2 aliphatic heterocycles. The van der Waals surface area contributed by atoms with E-state index in [4.69, 9.17) is 11.6 Å². The lowest BCUT2D eigenvalue weighted by Crippen LogP contribution is -2.61. The van der Waals surface area contributed by atoms with Gasteiger partial charge in [0.05, 0.1) is 11.5 Å². The summed E-state index contributed by atoms with van der Waals surface area (Å²) in [6.07, 6.45) is 0.694. The third kappa shape index (κ3) is 5.23. The first kappa shape index (κ1) is 28.2. The van der Waals surface area contributed by atoms with Gasteiger partial charge in [0, 0.05) is 44.2 Å². The van der Waals surface area contributed by atoms with Crippen LogP contribution in [-0.4, -0.2) is 64.3 Å². The summed E-state index contributed by atoms with van der Waals surface area (Å²) in [6, 6.07) is 20.8. The molecule has 3 aromatic carbocycles. The van der Waals surface area contributed by atoms with Crippen LogP contribution < -0.4 is 0 Å². The number of benzene rings is 3. The lowest BCUT2D eigenvalue weighted by Gasteiger charge is -2.51. The second-order valence-electron chi connectivity index (χ2n) is 11.1. The minimum atomic E-state index is -0.980. The third-order valence-corrected chi connectivity index (χ3v) is 8.96. The van der Waals surface area contributed by atoms with E-state index in [2.05, 4.69) is 11.8 Å². The standard InChI is InChI=1S/C33H38ClN3O3/c1-4-35-16-18-36(19-17-35)32(40)33(27-8-6-5-7-9-27)15-14-29(38)37(22-25-10-12-28(34)13-11-25)31(33)26-20-23(2)30(39)24(3)21-26/h5-13,20-21,31,39H,4,14-19,22H2,1-3H3. The highest BCUT2D eigenvalue weighted by molar-refractivity contribution is 6.30. The number of piperidine rings is 1. The Bertz CT molecular complexity index is 1350. The topological polar surface area (TPSA) is 64.1 Å². The summed E-state index contributed by atoms with van der Waals surface area (Å²) in [5, 5.41) is 11.3. The molecule has 7 heteroatoms. The number of phenols is 1. The number of aromatic hydroxyl groups is 1. The van der Waals surface area contributed by atoms with Crippen molar-refractivity contribution in [2.75, 3.05) is 32.7 Å². The Kier molecular flexibility index (Phi) is 8.20. The highest BCUT2D eigenvalue weighted by atomic mass is 35.5. The van der Waals surface area contributed by atoms with Crippen LogP contribution in [0.4, 0.5) is 0 Å². The van der Waals surface area contributed by atoms with Crippen molar-refractivity contribution in [3.8, 4) is 5.75 Å². The molecule has 0 bridgehead atoms. The summed E-state index contributed by atoms with van der Waals surface area (Å²) >= 11 is 6.17. The largest absolute Gasteiger partial charge is 0.507 e. The quantitative estimate of drug-likeness (QED) is 0.425. The zero-order valence-electron chi connectivity index (χ0n) is 23.6. The fourth-order valence-corrected chi connectivity index (χ4v) is 6.63. The average molecular weight is 560 g/mol. The molecule has 2 fully saturated rings. The summed E-state index contributed by atoms with van der Waals surface area (Å²) in [7, 11) is 0. The Morgan fingerprint density at radius 1 is 0.975 bits per heavy atom. The molecule has 6 nitrogen and oxygen atoms in total. The van der Waals surface area contributed by atoms with Gasteiger partial charge in [0.2, 0.25) is 11.8 Å². The van der Waals surface area contributed by atoms with Gasteiger partial charge >= 0.3 is 0 Å². The van der Waals surface area contributed by atoms with E-state index in [-0.39, 0.29) is 24.0 Å². The highest BCUT2D eigenvalue weighted by Crippen LogP contribution is 2.51. The van der Waals surface area contributed by atoms with Crippen molar-refractivity contribution >= 4 is 23.4 Å². The number of halogens is 1. The van der Waals surface area contributed by atoms with E-state index in [1.165, 1.54) is 0 Å². The van der Waals surface area contributed by atoms with Crippen LogP contribution in [0.3, 0.4) is 0 Å². The predicted octanol–water partition coefficient (Wildman–Crippen LogP) is 5.63. The normalized spacial score (nSPS) is 22.0. The Morgan fingerprint density at radius 2 is 1.60 bits per heavy atom. The molecule has 40 heavy (non-hydrogen) atoms. The molecular formula is C33H38ClN3O3. The zero-order chi connectivity index (χ0) is 28.4. The Labute approximate surface area is 242 Å². The molecule has 210 valence electrons. The molecule has 2 amide bonds. The molecule has 5 rings (SSSR count). The van der Waals surface area contributed by atoms with Gasteiger partial charge in [-0.2, -0.15) is 0 Å². The number of piperazine rings is 1. The van der Waals surface area contributed by atoms with Crippen LogP contribution in [0, 0.1) is 13.8 Å². The van der Waals surface area contributed by atoms with Crippen molar-refractivity contribution in [1.82, 2.24) is 14.7 Å². The number of likely N-dealkylation sites (tertiary alicyclic amines) is 1. The predicted molar refractivity (Wildman–Crippen MR) is 158 cm³/mol. The first-order chi connectivity index (χ1) is 19.2. The van der Waals surface area contributed by atoms with E-state index in [9.17, 15) is 14.7 Å². The van der Waals surface area contributed by atoms with Crippen molar-refractivity contribution in [3.63, 3.8) is 0 Å². The van der Waals surface area contributed by atoms with E-state index < -0.39 is 11.5 Å². The molecule has 0 aromatic heterocycles. The van der Waals surface area contributed by atoms with Crippen molar-refractivity contribution in [3.05, 3.63) is 99.6 Å². The van der Waals surface area contributed by atoms with Gasteiger partial charge < -0.3 is 19.8 Å². The van der Waals surface area contributed by atoms with Gasteiger partial charge in [-0.25, -0.2) is 0 Å². The molecular weight excluding hydrogens is 522 g/mol. The molecule has 2 atom stereocenters. The van der Waals surface area contributed by atoms with Gasteiger partial charge in [-0.05, 0) is 66.8 Å². The Balaban J connectivity index is 1.70. The van der Waals surface area contributed by atoms with Crippen LogP contribution in [0.15, 0.2) is 66.7 Å². The smallest absolute Gasteiger partial charge is 0.235 e. The summed E-state index contributed by atoms with van der Waals surface area (Å²) < 4.78 is 0. The highest BCUT2D eigenvalue weighted by Gasteiger charge is 2.55. The second-order valence-corrected chi connectivity index (χ2v) is 11.6. The number of phenolic OH excluding ortho intramolecular Hbond substituents is 1. The maximum Gasteiger partial charge on any atom is 0.235 e. The van der Waals surface area contributed by atoms with Crippen LogP contribution in [0.1, 0.15) is 53.6 Å². The van der Waals surface area contributed by atoms with Crippen molar-refractivity contribution < 1.29 is 14.7 Å². The Morgan fingerprint density at radius 3 is 2.20 bits per heavy atom. The molecule has 2 saturated heterocycles. The van der Waals surface area contributed by atoms with Gasteiger partial charge in [-0.15, -0.1) is 0 Å². The van der Waals surface area contributed by atoms with E-state index in [0.29, 0.717) is 31.1 Å². The van der Waals surface area contributed by atoms with Crippen LogP contribution in [0.5, 0.6) is 5.75 Å². The number of aryl methyl sites for hydroxylation is 2. The molecule has 0 radical (unpaired) electrons. The summed E-state index contributed by atoms with van der Waals surface area (Å²) in [5.41, 5.74) is 3.20. The molecule has 2 unspecified atom stereocenters. The monoisotopic (exact) mass is 559 g/mol. The molecule has 2 heterocycles. The number of hydrogen-bond donors (Lipinski definition) is 1. The number of hydrogen-bond acceptors (Lipinski definition) is 4. The van der Waals surface area contributed by atoms with Gasteiger partial charge in [-0.1, -0.05) is 73.1 Å². The molecule has 3 aromatic rings. The van der Waals surface area contributed by atoms with Gasteiger partial charge in [0.1, 0.15) is 5.75 Å². The van der Waals surface area contributed by atoms with Gasteiger partial charge in [0.15, 0.2) is 0 Å². The molecule has 2 aliphatic rings. The number of likely N-dealkylation sites (N-methyl/N-ethyl adjacent to an activating group) is 1. The molecule has 0 aliphatic carbocycles. The minimum absolute atomic E-state index is 0.0125. The second kappa shape index (κ2) is 11.6. The fourth-order valence-electron chi connectivity index (χ4n) is 6.51. The van der Waals surface area contributed by atoms with Gasteiger partial charge in [-0.3, -0.25) is 9.59 Å².